The van der Waals surface area contributed by atoms with Gasteiger partial charge in [-0.2, -0.15) is 10.5 Å². The molecule has 1 N–H and O–H groups in total. The van der Waals surface area contributed by atoms with Gasteiger partial charge in [0.2, 0.25) is 0 Å². The number of rotatable bonds is 4. The Morgan fingerprint density at radius 1 is 1.13 bits per heavy atom. The maximum atomic E-state index is 9.19. The zero-order valence-electron chi connectivity index (χ0n) is 12.6. The van der Waals surface area contributed by atoms with E-state index in [0.29, 0.717) is 22.9 Å². The average molecular weight is 304 g/mol. The Labute approximate surface area is 135 Å². The van der Waals surface area contributed by atoms with Gasteiger partial charge in [-0.3, -0.25) is 0 Å². The third-order valence-corrected chi connectivity index (χ3v) is 3.98. The van der Waals surface area contributed by atoms with Gasteiger partial charge in [0.15, 0.2) is 0 Å². The molecular weight excluding hydrogens is 288 g/mol. The molecule has 1 aliphatic rings. The topological polar surface area (TPSA) is 88.6 Å². The van der Waals surface area contributed by atoms with Gasteiger partial charge in [0, 0.05) is 32.0 Å². The number of hydrogen-bond acceptors (Lipinski definition) is 6. The van der Waals surface area contributed by atoms with Gasteiger partial charge in [-0.1, -0.05) is 0 Å². The molecule has 0 radical (unpaired) electrons. The number of hydrogen-bond donors (Lipinski definition) is 1. The fourth-order valence-corrected chi connectivity index (χ4v) is 2.81. The minimum Gasteiger partial charge on any atom is -0.369 e. The predicted molar refractivity (Wildman–Crippen MR) is 86.7 cm³/mol. The van der Waals surface area contributed by atoms with Crippen molar-refractivity contribution in [2.24, 2.45) is 5.92 Å². The van der Waals surface area contributed by atoms with E-state index in [0.717, 1.165) is 31.9 Å². The van der Waals surface area contributed by atoms with E-state index in [4.69, 9.17) is 5.26 Å². The highest BCUT2D eigenvalue weighted by molar-refractivity contribution is 5.54. The van der Waals surface area contributed by atoms with Crippen LogP contribution < -0.4 is 10.2 Å². The summed E-state index contributed by atoms with van der Waals surface area (Å²) in [5, 5.41) is 21.5. The lowest BCUT2D eigenvalue weighted by Crippen LogP contribution is -2.24. The zero-order chi connectivity index (χ0) is 16.1. The van der Waals surface area contributed by atoms with E-state index in [-0.39, 0.29) is 0 Å². The first-order valence-corrected chi connectivity index (χ1v) is 7.51. The van der Waals surface area contributed by atoms with Gasteiger partial charge in [-0.25, -0.2) is 9.97 Å². The highest BCUT2D eigenvalue weighted by atomic mass is 15.2. The summed E-state index contributed by atoms with van der Waals surface area (Å²) in [7, 11) is 0. The SMILES string of the molecule is N#Cc1cccnc1NCC1CCN(c2ncccc2C#N)C1. The van der Waals surface area contributed by atoms with Crippen molar-refractivity contribution < 1.29 is 0 Å². The summed E-state index contributed by atoms with van der Waals surface area (Å²) in [6.45, 7) is 2.47. The van der Waals surface area contributed by atoms with Crippen LogP contribution in [0, 0.1) is 28.6 Å². The first-order chi connectivity index (χ1) is 11.3. The van der Waals surface area contributed by atoms with Gasteiger partial charge in [0.05, 0.1) is 11.1 Å². The monoisotopic (exact) mass is 304 g/mol. The molecule has 0 amide bonds. The van der Waals surface area contributed by atoms with E-state index in [1.165, 1.54) is 0 Å². The van der Waals surface area contributed by atoms with E-state index in [2.05, 4.69) is 32.3 Å². The van der Waals surface area contributed by atoms with Gasteiger partial charge < -0.3 is 10.2 Å². The third kappa shape index (κ3) is 3.22. The van der Waals surface area contributed by atoms with Gasteiger partial charge in [0.1, 0.15) is 23.8 Å². The normalized spacial score (nSPS) is 16.6. The molecule has 3 heterocycles. The molecule has 6 heteroatoms. The van der Waals surface area contributed by atoms with E-state index < -0.39 is 0 Å². The highest BCUT2D eigenvalue weighted by Crippen LogP contribution is 2.25. The Bertz CT molecular complexity index is 773. The van der Waals surface area contributed by atoms with Crippen molar-refractivity contribution in [3.8, 4) is 12.1 Å². The van der Waals surface area contributed by atoms with Crippen LogP contribution in [-0.2, 0) is 0 Å². The molecule has 0 aliphatic carbocycles. The van der Waals surface area contributed by atoms with E-state index >= 15 is 0 Å². The molecule has 0 spiro atoms. The van der Waals surface area contributed by atoms with Gasteiger partial charge >= 0.3 is 0 Å². The Morgan fingerprint density at radius 3 is 2.65 bits per heavy atom. The fourth-order valence-electron chi connectivity index (χ4n) is 2.81. The van der Waals surface area contributed by atoms with E-state index in [1.54, 1.807) is 36.7 Å². The minimum atomic E-state index is 0.428. The van der Waals surface area contributed by atoms with Crippen LogP contribution in [0.1, 0.15) is 17.5 Å². The number of nitrogens with one attached hydrogen (secondary N) is 1. The number of pyridine rings is 2. The summed E-state index contributed by atoms with van der Waals surface area (Å²) in [5.74, 6) is 1.81. The Hall–Kier alpha value is -3.12. The van der Waals surface area contributed by atoms with Gasteiger partial charge in [-0.05, 0) is 36.6 Å². The van der Waals surface area contributed by atoms with Crippen LogP contribution in [0.15, 0.2) is 36.7 Å². The second-order valence-corrected chi connectivity index (χ2v) is 5.48. The summed E-state index contributed by atoms with van der Waals surface area (Å²) in [5.41, 5.74) is 1.16. The van der Waals surface area contributed by atoms with Crippen LogP contribution >= 0.6 is 0 Å². The van der Waals surface area contributed by atoms with E-state index in [9.17, 15) is 5.26 Å². The van der Waals surface area contributed by atoms with Gasteiger partial charge in [-0.15, -0.1) is 0 Å². The summed E-state index contributed by atoms with van der Waals surface area (Å²) in [6, 6.07) is 11.4. The molecule has 0 aromatic carbocycles. The molecule has 23 heavy (non-hydrogen) atoms. The van der Waals surface area contributed by atoms with Crippen LogP contribution in [0.3, 0.4) is 0 Å². The van der Waals surface area contributed by atoms with Crippen LogP contribution in [-0.4, -0.2) is 29.6 Å². The Kier molecular flexibility index (Phi) is 4.35. The lowest BCUT2D eigenvalue weighted by molar-refractivity contribution is 0.620. The molecule has 1 atom stereocenters. The van der Waals surface area contributed by atoms with Crippen molar-refractivity contribution in [2.45, 2.75) is 6.42 Å². The van der Waals surface area contributed by atoms with Crippen molar-refractivity contribution in [3.05, 3.63) is 47.8 Å². The summed E-state index contributed by atoms with van der Waals surface area (Å²) in [6.07, 6.45) is 4.41. The van der Waals surface area contributed by atoms with Crippen LogP contribution in [0.5, 0.6) is 0 Å². The molecule has 6 nitrogen and oxygen atoms in total. The molecule has 1 saturated heterocycles. The van der Waals surface area contributed by atoms with Crippen LogP contribution in [0.2, 0.25) is 0 Å². The smallest absolute Gasteiger partial charge is 0.146 e. The Balaban J connectivity index is 1.63. The number of nitriles is 2. The zero-order valence-corrected chi connectivity index (χ0v) is 12.6. The second-order valence-electron chi connectivity index (χ2n) is 5.48. The molecule has 3 rings (SSSR count). The summed E-state index contributed by atoms with van der Waals surface area (Å²) >= 11 is 0. The van der Waals surface area contributed by atoms with Crippen molar-refractivity contribution >= 4 is 11.6 Å². The van der Waals surface area contributed by atoms with Gasteiger partial charge in [0.25, 0.3) is 0 Å². The Morgan fingerprint density at radius 2 is 1.87 bits per heavy atom. The number of aromatic nitrogens is 2. The first-order valence-electron chi connectivity index (χ1n) is 7.51. The molecule has 1 fully saturated rings. The largest absolute Gasteiger partial charge is 0.369 e. The number of anilines is 2. The molecule has 2 aromatic rings. The van der Waals surface area contributed by atoms with E-state index in [1.807, 2.05) is 0 Å². The van der Waals surface area contributed by atoms with Crippen molar-refractivity contribution in [2.75, 3.05) is 29.9 Å². The summed E-state index contributed by atoms with van der Waals surface area (Å²) in [4.78, 5) is 10.7. The number of nitrogens with zero attached hydrogens (tertiary/aromatic N) is 5. The molecule has 1 unspecified atom stereocenters. The first kappa shape index (κ1) is 14.8. The standard InChI is InChI=1S/C17H16N6/c18-9-14-3-1-6-20-16(14)22-11-13-5-8-23(12-13)17-15(10-19)4-2-7-21-17/h1-4,6-7,13H,5,8,11-12H2,(H,20,22). The molecular formula is C17H16N6. The maximum absolute atomic E-state index is 9.19. The van der Waals surface area contributed by atoms with Crippen molar-refractivity contribution in [3.63, 3.8) is 0 Å². The molecule has 0 saturated carbocycles. The third-order valence-electron chi connectivity index (χ3n) is 3.98. The molecule has 114 valence electrons. The lowest BCUT2D eigenvalue weighted by Gasteiger charge is -2.18. The molecule has 1 aliphatic heterocycles. The average Bonchev–Trinajstić information content (AvgIpc) is 3.09. The quantitative estimate of drug-likeness (QED) is 0.931. The summed E-state index contributed by atoms with van der Waals surface area (Å²) < 4.78 is 0. The van der Waals surface area contributed by atoms with Crippen molar-refractivity contribution in [1.82, 2.24) is 9.97 Å². The second kappa shape index (κ2) is 6.76. The van der Waals surface area contributed by atoms with Crippen molar-refractivity contribution in [1.29, 1.82) is 10.5 Å². The lowest BCUT2D eigenvalue weighted by atomic mass is 10.1. The van der Waals surface area contributed by atoms with Crippen LogP contribution in [0.4, 0.5) is 11.6 Å². The minimum absolute atomic E-state index is 0.428. The fraction of sp³-hybridized carbons (Fsp3) is 0.294. The van der Waals surface area contributed by atoms with Crippen LogP contribution in [0.25, 0.3) is 0 Å². The molecule has 0 bridgehead atoms. The molecule has 2 aromatic heterocycles. The highest BCUT2D eigenvalue weighted by Gasteiger charge is 2.25. The predicted octanol–water partition coefficient (Wildman–Crippen LogP) is 2.16. The maximum Gasteiger partial charge on any atom is 0.146 e.